The third-order valence-electron chi connectivity index (χ3n) is 2.70. The summed E-state index contributed by atoms with van der Waals surface area (Å²) in [5.41, 5.74) is 1.68. The molecule has 3 nitrogen and oxygen atoms in total. The Morgan fingerprint density at radius 3 is 2.35 bits per heavy atom. The predicted molar refractivity (Wildman–Crippen MR) is 78.2 cm³/mol. The molecule has 0 aliphatic rings. The van der Waals surface area contributed by atoms with Gasteiger partial charge in [0.15, 0.2) is 0 Å². The average molecular weight is 293 g/mol. The van der Waals surface area contributed by atoms with Gasteiger partial charge in [0.2, 0.25) is 5.91 Å². The van der Waals surface area contributed by atoms with Crippen LogP contribution in [0, 0.1) is 5.82 Å². The highest BCUT2D eigenvalue weighted by Crippen LogP contribution is 2.09. The maximum atomic E-state index is 12.7. The van der Waals surface area contributed by atoms with Crippen LogP contribution < -0.4 is 10.6 Å². The van der Waals surface area contributed by atoms with E-state index in [0.29, 0.717) is 17.3 Å². The second-order valence-electron chi connectivity index (χ2n) is 4.26. The smallest absolute Gasteiger partial charge is 0.239 e. The maximum absolute atomic E-state index is 12.7. The first-order valence-electron chi connectivity index (χ1n) is 6.14. The lowest BCUT2D eigenvalue weighted by molar-refractivity contribution is -0.119. The van der Waals surface area contributed by atoms with Gasteiger partial charge in [-0.1, -0.05) is 23.7 Å². The minimum atomic E-state index is -0.303. The van der Waals surface area contributed by atoms with Gasteiger partial charge in [-0.05, 0) is 42.0 Å². The second-order valence-corrected chi connectivity index (χ2v) is 4.70. The SMILES string of the molecule is O=C(CNc1ccc(F)cc1)NCc1ccc(Cl)cc1. The van der Waals surface area contributed by atoms with Crippen molar-refractivity contribution in [3.63, 3.8) is 0 Å². The molecule has 0 saturated carbocycles. The van der Waals surface area contributed by atoms with Crippen LogP contribution in [0.4, 0.5) is 10.1 Å². The highest BCUT2D eigenvalue weighted by Gasteiger charge is 2.01. The number of benzene rings is 2. The van der Waals surface area contributed by atoms with Crippen molar-refractivity contribution in [2.75, 3.05) is 11.9 Å². The molecule has 0 unspecified atom stereocenters. The first kappa shape index (κ1) is 14.3. The molecule has 2 aromatic carbocycles. The van der Waals surface area contributed by atoms with E-state index in [1.54, 1.807) is 24.3 Å². The number of carbonyl (C=O) groups is 1. The molecule has 20 heavy (non-hydrogen) atoms. The zero-order valence-electron chi connectivity index (χ0n) is 10.7. The molecular formula is C15H14ClFN2O. The van der Waals surface area contributed by atoms with Crippen molar-refractivity contribution in [3.05, 3.63) is 64.9 Å². The standard InChI is InChI=1S/C15H14ClFN2O/c16-12-3-1-11(2-4-12)9-19-15(20)10-18-14-7-5-13(17)6-8-14/h1-8,18H,9-10H2,(H,19,20). The summed E-state index contributed by atoms with van der Waals surface area (Å²) in [6, 6.07) is 13.1. The van der Waals surface area contributed by atoms with Crippen molar-refractivity contribution in [2.24, 2.45) is 0 Å². The van der Waals surface area contributed by atoms with Crippen LogP contribution in [0.1, 0.15) is 5.56 Å². The minimum absolute atomic E-state index is 0.135. The predicted octanol–water partition coefficient (Wildman–Crippen LogP) is 3.21. The molecule has 0 spiro atoms. The van der Waals surface area contributed by atoms with E-state index in [1.807, 2.05) is 12.1 Å². The van der Waals surface area contributed by atoms with Crippen molar-refractivity contribution in [1.82, 2.24) is 5.32 Å². The summed E-state index contributed by atoms with van der Waals surface area (Å²) in [6.45, 7) is 0.584. The van der Waals surface area contributed by atoms with E-state index in [0.717, 1.165) is 5.56 Å². The van der Waals surface area contributed by atoms with Crippen LogP contribution in [0.3, 0.4) is 0 Å². The summed E-state index contributed by atoms with van der Waals surface area (Å²) in [5, 5.41) is 6.36. The van der Waals surface area contributed by atoms with Gasteiger partial charge in [0.05, 0.1) is 6.54 Å². The fourth-order valence-electron chi connectivity index (χ4n) is 1.62. The Morgan fingerprint density at radius 2 is 1.70 bits per heavy atom. The summed E-state index contributed by atoms with van der Waals surface area (Å²) in [5.74, 6) is -0.438. The van der Waals surface area contributed by atoms with Crippen LogP contribution in [0.5, 0.6) is 0 Å². The van der Waals surface area contributed by atoms with Crippen molar-refractivity contribution >= 4 is 23.2 Å². The van der Waals surface area contributed by atoms with E-state index in [9.17, 15) is 9.18 Å². The van der Waals surface area contributed by atoms with Gasteiger partial charge in [-0.15, -0.1) is 0 Å². The van der Waals surface area contributed by atoms with Gasteiger partial charge in [0, 0.05) is 17.3 Å². The molecule has 2 N–H and O–H groups in total. The van der Waals surface area contributed by atoms with Crippen LogP contribution in [0.25, 0.3) is 0 Å². The second kappa shape index (κ2) is 6.91. The van der Waals surface area contributed by atoms with Gasteiger partial charge in [-0.25, -0.2) is 4.39 Å². The molecule has 0 fully saturated rings. The third-order valence-corrected chi connectivity index (χ3v) is 2.95. The molecule has 0 saturated heterocycles. The monoisotopic (exact) mass is 292 g/mol. The molecular weight excluding hydrogens is 279 g/mol. The van der Waals surface area contributed by atoms with E-state index in [-0.39, 0.29) is 18.3 Å². The van der Waals surface area contributed by atoms with Crippen LogP contribution in [-0.2, 0) is 11.3 Å². The Hall–Kier alpha value is -2.07. The number of rotatable bonds is 5. The highest BCUT2D eigenvalue weighted by molar-refractivity contribution is 6.30. The zero-order valence-corrected chi connectivity index (χ0v) is 11.5. The van der Waals surface area contributed by atoms with Gasteiger partial charge >= 0.3 is 0 Å². The number of hydrogen-bond acceptors (Lipinski definition) is 2. The van der Waals surface area contributed by atoms with E-state index < -0.39 is 0 Å². The van der Waals surface area contributed by atoms with Gasteiger partial charge < -0.3 is 10.6 Å². The maximum Gasteiger partial charge on any atom is 0.239 e. The third kappa shape index (κ3) is 4.55. The Balaban J connectivity index is 1.75. The molecule has 0 heterocycles. The van der Waals surface area contributed by atoms with Crippen LogP contribution in [0.15, 0.2) is 48.5 Å². The largest absolute Gasteiger partial charge is 0.376 e. The summed E-state index contributed by atoms with van der Waals surface area (Å²) in [7, 11) is 0. The number of carbonyl (C=O) groups excluding carboxylic acids is 1. The van der Waals surface area contributed by atoms with Gasteiger partial charge in [-0.3, -0.25) is 4.79 Å². The molecule has 2 aromatic rings. The van der Waals surface area contributed by atoms with Crippen molar-refractivity contribution in [3.8, 4) is 0 Å². The van der Waals surface area contributed by atoms with Crippen molar-refractivity contribution < 1.29 is 9.18 Å². The molecule has 104 valence electrons. The van der Waals surface area contributed by atoms with E-state index in [4.69, 9.17) is 11.6 Å². The molecule has 0 aliphatic heterocycles. The zero-order chi connectivity index (χ0) is 14.4. The van der Waals surface area contributed by atoms with Crippen LogP contribution >= 0.6 is 11.6 Å². The van der Waals surface area contributed by atoms with E-state index in [1.165, 1.54) is 12.1 Å². The molecule has 0 radical (unpaired) electrons. The Morgan fingerprint density at radius 1 is 1.05 bits per heavy atom. The minimum Gasteiger partial charge on any atom is -0.376 e. The first-order valence-corrected chi connectivity index (χ1v) is 6.52. The highest BCUT2D eigenvalue weighted by atomic mass is 35.5. The summed E-state index contributed by atoms with van der Waals surface area (Å²) in [6.07, 6.45) is 0. The molecule has 2 rings (SSSR count). The first-order chi connectivity index (χ1) is 9.63. The van der Waals surface area contributed by atoms with Gasteiger partial charge in [-0.2, -0.15) is 0 Å². The molecule has 0 atom stereocenters. The quantitative estimate of drug-likeness (QED) is 0.888. The summed E-state index contributed by atoms with van der Waals surface area (Å²) in [4.78, 5) is 11.6. The lowest BCUT2D eigenvalue weighted by atomic mass is 10.2. The number of nitrogens with one attached hydrogen (secondary N) is 2. The molecule has 0 aromatic heterocycles. The molecule has 0 bridgehead atoms. The summed E-state index contributed by atoms with van der Waals surface area (Å²) < 4.78 is 12.7. The molecule has 1 amide bonds. The number of hydrogen-bond donors (Lipinski definition) is 2. The molecule has 5 heteroatoms. The summed E-state index contributed by atoms with van der Waals surface area (Å²) >= 11 is 5.78. The number of halogens is 2. The van der Waals surface area contributed by atoms with E-state index >= 15 is 0 Å². The fraction of sp³-hybridized carbons (Fsp3) is 0.133. The Labute approximate surface area is 121 Å². The van der Waals surface area contributed by atoms with Crippen molar-refractivity contribution in [2.45, 2.75) is 6.54 Å². The van der Waals surface area contributed by atoms with Gasteiger partial charge in [0.1, 0.15) is 5.82 Å². The molecule has 0 aliphatic carbocycles. The van der Waals surface area contributed by atoms with Gasteiger partial charge in [0.25, 0.3) is 0 Å². The normalized spacial score (nSPS) is 10.1. The Bertz CT molecular complexity index is 518. The van der Waals surface area contributed by atoms with Crippen molar-refractivity contribution in [1.29, 1.82) is 0 Å². The van der Waals surface area contributed by atoms with Crippen LogP contribution in [0.2, 0.25) is 5.02 Å². The van der Waals surface area contributed by atoms with Crippen LogP contribution in [-0.4, -0.2) is 12.5 Å². The number of amides is 1. The lowest BCUT2D eigenvalue weighted by Gasteiger charge is -2.08. The number of anilines is 1. The topological polar surface area (TPSA) is 41.1 Å². The average Bonchev–Trinajstić information content (AvgIpc) is 2.46. The Kier molecular flexibility index (Phi) is 4.96. The lowest BCUT2D eigenvalue weighted by Crippen LogP contribution is -2.29. The van der Waals surface area contributed by atoms with E-state index in [2.05, 4.69) is 10.6 Å². The fourth-order valence-corrected chi connectivity index (χ4v) is 1.74.